The number of hydrogen-bond acceptors (Lipinski definition) is 4. The van der Waals surface area contributed by atoms with Crippen molar-refractivity contribution in [1.82, 2.24) is 20.0 Å². The van der Waals surface area contributed by atoms with Gasteiger partial charge in [0.1, 0.15) is 12.4 Å². The molecule has 0 aliphatic carbocycles. The van der Waals surface area contributed by atoms with Crippen LogP contribution in [0, 0.1) is 0 Å². The fourth-order valence-corrected chi connectivity index (χ4v) is 3.83. The minimum absolute atomic E-state index is 0.253. The molecule has 0 unspecified atom stereocenters. The lowest BCUT2D eigenvalue weighted by molar-refractivity contribution is -0.129. The molecule has 0 radical (unpaired) electrons. The first-order valence-electron chi connectivity index (χ1n) is 10.6. The molecule has 2 heterocycles. The number of carbonyl (C=O) groups excluding carboxylic acids is 1. The first-order chi connectivity index (χ1) is 14.8. The maximum Gasteiger partial charge on any atom is 0.223 e. The van der Waals surface area contributed by atoms with Gasteiger partial charge in [-0.15, -0.1) is 0 Å². The zero-order valence-corrected chi connectivity index (χ0v) is 17.1. The Kier molecular flexibility index (Phi) is 6.77. The van der Waals surface area contributed by atoms with E-state index in [0.717, 1.165) is 42.9 Å². The van der Waals surface area contributed by atoms with Gasteiger partial charge in [-0.05, 0) is 55.3 Å². The fourth-order valence-electron chi connectivity index (χ4n) is 3.83. The van der Waals surface area contributed by atoms with Crippen molar-refractivity contribution >= 4 is 5.91 Å². The van der Waals surface area contributed by atoms with E-state index in [-0.39, 0.29) is 5.91 Å². The smallest absolute Gasteiger partial charge is 0.223 e. The van der Waals surface area contributed by atoms with E-state index in [1.165, 1.54) is 0 Å². The van der Waals surface area contributed by atoms with Crippen LogP contribution in [0.3, 0.4) is 0 Å². The number of para-hydroxylation sites is 1. The fraction of sp³-hybridized carbons (Fsp3) is 0.333. The van der Waals surface area contributed by atoms with E-state index >= 15 is 0 Å². The second-order valence-electron chi connectivity index (χ2n) is 7.53. The first kappa shape index (κ1) is 20.2. The van der Waals surface area contributed by atoms with Gasteiger partial charge < -0.3 is 15.0 Å². The molecular weight excluding hydrogens is 376 g/mol. The number of likely N-dealkylation sites (tertiary alicyclic amines) is 1. The minimum Gasteiger partial charge on any atom is -0.492 e. The molecule has 4 rings (SSSR count). The van der Waals surface area contributed by atoms with Crippen molar-refractivity contribution in [2.24, 2.45) is 0 Å². The van der Waals surface area contributed by atoms with Crippen LogP contribution in [-0.2, 0) is 11.3 Å². The molecule has 1 aliphatic heterocycles. The van der Waals surface area contributed by atoms with Crippen LogP contribution < -0.4 is 10.1 Å². The summed E-state index contributed by atoms with van der Waals surface area (Å²) >= 11 is 0. The standard InChI is InChI=1S/C24H28N4O2/c29-24-12-11-21(13-15-25-16-18-30-23-5-2-1-3-6-23)27(24)19-20-7-9-22(10-8-20)28-17-4-14-26-28/h1-10,14,17,21,25H,11-13,15-16,18-19H2/t21-/m1/s1. The maximum atomic E-state index is 12.4. The van der Waals surface area contributed by atoms with Crippen molar-refractivity contribution < 1.29 is 9.53 Å². The third-order valence-electron chi connectivity index (χ3n) is 5.46. The highest BCUT2D eigenvalue weighted by Crippen LogP contribution is 2.24. The third-order valence-corrected chi connectivity index (χ3v) is 5.46. The highest BCUT2D eigenvalue weighted by molar-refractivity contribution is 5.78. The summed E-state index contributed by atoms with van der Waals surface area (Å²) < 4.78 is 7.53. The Hall–Kier alpha value is -3.12. The number of aromatic nitrogens is 2. The summed E-state index contributed by atoms with van der Waals surface area (Å²) in [5, 5.41) is 7.68. The molecule has 1 saturated heterocycles. The van der Waals surface area contributed by atoms with Gasteiger partial charge in [0, 0.05) is 37.9 Å². The summed E-state index contributed by atoms with van der Waals surface area (Å²) in [6, 6.07) is 20.3. The second-order valence-corrected chi connectivity index (χ2v) is 7.53. The molecule has 1 N–H and O–H groups in total. The molecule has 6 heteroatoms. The van der Waals surface area contributed by atoms with Crippen LogP contribution in [0.4, 0.5) is 0 Å². The zero-order valence-electron chi connectivity index (χ0n) is 17.1. The minimum atomic E-state index is 0.253. The molecular formula is C24H28N4O2. The van der Waals surface area contributed by atoms with Crippen LogP contribution >= 0.6 is 0 Å². The van der Waals surface area contributed by atoms with Gasteiger partial charge in [-0.1, -0.05) is 30.3 Å². The van der Waals surface area contributed by atoms with Crippen molar-refractivity contribution in [3.05, 3.63) is 78.6 Å². The molecule has 3 aromatic rings. The molecule has 2 aromatic carbocycles. The molecule has 1 amide bonds. The van der Waals surface area contributed by atoms with Gasteiger partial charge in [0.15, 0.2) is 0 Å². The lowest BCUT2D eigenvalue weighted by Gasteiger charge is -2.25. The molecule has 0 spiro atoms. The lowest BCUT2D eigenvalue weighted by atomic mass is 10.1. The van der Waals surface area contributed by atoms with Gasteiger partial charge in [0.05, 0.1) is 5.69 Å². The Morgan fingerprint density at radius 1 is 1.03 bits per heavy atom. The highest BCUT2D eigenvalue weighted by Gasteiger charge is 2.30. The molecule has 6 nitrogen and oxygen atoms in total. The Balaban J connectivity index is 1.21. The van der Waals surface area contributed by atoms with E-state index in [2.05, 4.69) is 22.5 Å². The number of hydrogen-bond donors (Lipinski definition) is 1. The average molecular weight is 405 g/mol. The molecule has 1 atom stereocenters. The predicted molar refractivity (Wildman–Crippen MR) is 117 cm³/mol. The van der Waals surface area contributed by atoms with Crippen molar-refractivity contribution in [2.75, 3.05) is 19.7 Å². The first-order valence-corrected chi connectivity index (χ1v) is 10.6. The quantitative estimate of drug-likeness (QED) is 0.526. The number of nitrogens with one attached hydrogen (secondary N) is 1. The van der Waals surface area contributed by atoms with Crippen LogP contribution in [0.5, 0.6) is 5.75 Å². The topological polar surface area (TPSA) is 59.4 Å². The van der Waals surface area contributed by atoms with Gasteiger partial charge in [-0.25, -0.2) is 4.68 Å². The van der Waals surface area contributed by atoms with Crippen molar-refractivity contribution in [1.29, 1.82) is 0 Å². The number of rotatable bonds is 10. The number of ether oxygens (including phenoxy) is 1. The Morgan fingerprint density at radius 3 is 2.63 bits per heavy atom. The number of carbonyl (C=O) groups is 1. The van der Waals surface area contributed by atoms with Crippen molar-refractivity contribution in [3.63, 3.8) is 0 Å². The summed E-state index contributed by atoms with van der Waals surface area (Å²) in [5.74, 6) is 1.15. The van der Waals surface area contributed by atoms with Crippen LogP contribution in [-0.4, -0.2) is 46.3 Å². The zero-order chi connectivity index (χ0) is 20.6. The van der Waals surface area contributed by atoms with Gasteiger partial charge in [0.2, 0.25) is 5.91 Å². The van der Waals surface area contributed by atoms with Crippen LogP contribution in [0.15, 0.2) is 73.1 Å². The summed E-state index contributed by atoms with van der Waals surface area (Å²) in [6.07, 6.45) is 6.23. The average Bonchev–Trinajstić information content (AvgIpc) is 3.43. The summed E-state index contributed by atoms with van der Waals surface area (Å²) in [5.41, 5.74) is 2.17. The molecule has 156 valence electrons. The number of benzene rings is 2. The largest absolute Gasteiger partial charge is 0.492 e. The molecule has 0 saturated carbocycles. The monoisotopic (exact) mass is 404 g/mol. The van der Waals surface area contributed by atoms with Gasteiger partial charge in [0.25, 0.3) is 0 Å². The maximum absolute atomic E-state index is 12.4. The summed E-state index contributed by atoms with van der Waals surface area (Å²) in [4.78, 5) is 14.4. The molecule has 1 fully saturated rings. The number of amides is 1. The van der Waals surface area contributed by atoms with E-state index in [4.69, 9.17) is 4.74 Å². The van der Waals surface area contributed by atoms with Crippen molar-refractivity contribution in [3.8, 4) is 11.4 Å². The van der Waals surface area contributed by atoms with Crippen LogP contribution in [0.1, 0.15) is 24.8 Å². The summed E-state index contributed by atoms with van der Waals surface area (Å²) in [7, 11) is 0. The number of nitrogens with zero attached hydrogens (tertiary/aromatic N) is 3. The Bertz CT molecular complexity index is 910. The van der Waals surface area contributed by atoms with Crippen LogP contribution in [0.25, 0.3) is 5.69 Å². The highest BCUT2D eigenvalue weighted by atomic mass is 16.5. The molecule has 0 bridgehead atoms. The second kappa shape index (κ2) is 10.1. The predicted octanol–water partition coefficient (Wildman–Crippen LogP) is 3.42. The Labute approximate surface area is 177 Å². The molecule has 1 aromatic heterocycles. The van der Waals surface area contributed by atoms with Crippen molar-refractivity contribution in [2.45, 2.75) is 31.8 Å². The van der Waals surface area contributed by atoms with E-state index in [1.807, 2.05) is 64.3 Å². The molecule has 30 heavy (non-hydrogen) atoms. The SMILES string of the molecule is O=C1CC[C@H](CCNCCOc2ccccc2)N1Cc1ccc(-n2cccn2)cc1. The Morgan fingerprint density at radius 2 is 1.87 bits per heavy atom. The van der Waals surface area contributed by atoms with E-state index in [0.29, 0.717) is 25.6 Å². The van der Waals surface area contributed by atoms with E-state index in [9.17, 15) is 4.79 Å². The van der Waals surface area contributed by atoms with Crippen LogP contribution in [0.2, 0.25) is 0 Å². The summed E-state index contributed by atoms with van der Waals surface area (Å²) in [6.45, 7) is 2.98. The van der Waals surface area contributed by atoms with Gasteiger partial charge in [-0.3, -0.25) is 4.79 Å². The third kappa shape index (κ3) is 5.27. The lowest BCUT2D eigenvalue weighted by Crippen LogP contribution is -2.35. The van der Waals surface area contributed by atoms with Gasteiger partial charge in [-0.2, -0.15) is 5.10 Å². The molecule has 1 aliphatic rings. The van der Waals surface area contributed by atoms with Gasteiger partial charge >= 0.3 is 0 Å². The van der Waals surface area contributed by atoms with E-state index < -0.39 is 0 Å². The van der Waals surface area contributed by atoms with E-state index in [1.54, 1.807) is 6.20 Å². The normalized spacial score (nSPS) is 16.2.